The minimum atomic E-state index is -0.618. The zero-order chi connectivity index (χ0) is 14.8. The summed E-state index contributed by atoms with van der Waals surface area (Å²) in [6.07, 6.45) is 0. The van der Waals surface area contributed by atoms with E-state index in [-0.39, 0.29) is 22.2 Å². The molecular weight excluding hydrogens is 313 g/mol. The van der Waals surface area contributed by atoms with E-state index >= 15 is 0 Å². The molecule has 0 aliphatic rings. The molecule has 0 fully saturated rings. The first-order chi connectivity index (χ1) is 10.1. The van der Waals surface area contributed by atoms with Crippen molar-refractivity contribution in [2.24, 2.45) is 0 Å². The van der Waals surface area contributed by atoms with Crippen LogP contribution < -0.4 is 0 Å². The topological polar surface area (TPSA) is 52.3 Å². The Kier molecular flexibility index (Phi) is 3.82. The summed E-state index contributed by atoms with van der Waals surface area (Å²) >= 11 is 11.9. The summed E-state index contributed by atoms with van der Waals surface area (Å²) in [7, 11) is 0. The van der Waals surface area contributed by atoms with Crippen molar-refractivity contribution < 1.29 is 13.9 Å². The number of rotatable bonds is 3. The monoisotopic (exact) mass is 321 g/mol. The molecule has 0 unspecified atom stereocenters. The van der Waals surface area contributed by atoms with Crippen molar-refractivity contribution in [3.63, 3.8) is 0 Å². The van der Waals surface area contributed by atoms with Gasteiger partial charge in [0.05, 0.1) is 15.6 Å². The van der Waals surface area contributed by atoms with Gasteiger partial charge in [0, 0.05) is 0 Å². The summed E-state index contributed by atoms with van der Waals surface area (Å²) in [4.78, 5) is 16.2. The van der Waals surface area contributed by atoms with Crippen LogP contribution in [0.4, 0.5) is 0 Å². The molecule has 0 aliphatic heterocycles. The molecule has 4 nitrogen and oxygen atoms in total. The van der Waals surface area contributed by atoms with E-state index in [1.165, 1.54) is 0 Å². The van der Waals surface area contributed by atoms with E-state index in [4.69, 9.17) is 32.4 Å². The van der Waals surface area contributed by atoms with E-state index in [0.29, 0.717) is 17.0 Å². The first-order valence-electron chi connectivity index (χ1n) is 6.11. The SMILES string of the molecule is O=C(OCc1nc2ccccc2o1)c1c(Cl)cccc1Cl. The Bertz CT molecular complexity index is 760. The van der Waals surface area contributed by atoms with Gasteiger partial charge in [-0.2, -0.15) is 0 Å². The Balaban J connectivity index is 1.76. The zero-order valence-electron chi connectivity index (χ0n) is 10.7. The predicted molar refractivity (Wildman–Crippen MR) is 79.6 cm³/mol. The molecular formula is C15H9Cl2NO3. The van der Waals surface area contributed by atoms with Crippen LogP contribution in [0.2, 0.25) is 10.0 Å². The molecule has 2 aromatic carbocycles. The average Bonchev–Trinajstić information content (AvgIpc) is 2.87. The average molecular weight is 322 g/mol. The maximum Gasteiger partial charge on any atom is 0.341 e. The Morgan fingerprint density at radius 1 is 1.10 bits per heavy atom. The molecule has 3 rings (SSSR count). The molecule has 6 heteroatoms. The molecule has 0 aliphatic carbocycles. The van der Waals surface area contributed by atoms with E-state index in [9.17, 15) is 4.79 Å². The van der Waals surface area contributed by atoms with Gasteiger partial charge in [-0.05, 0) is 24.3 Å². The minimum absolute atomic E-state index is 0.0882. The van der Waals surface area contributed by atoms with Crippen LogP contribution in [0, 0.1) is 0 Å². The second-order valence-electron chi connectivity index (χ2n) is 4.25. The fourth-order valence-corrected chi connectivity index (χ4v) is 2.43. The number of fused-ring (bicyclic) bond motifs is 1. The standard InChI is InChI=1S/C15H9Cl2NO3/c16-9-4-3-5-10(17)14(9)15(19)20-8-13-18-11-6-1-2-7-12(11)21-13/h1-7H,8H2. The first-order valence-corrected chi connectivity index (χ1v) is 6.86. The molecule has 0 saturated heterocycles. The van der Waals surface area contributed by atoms with Gasteiger partial charge in [0.1, 0.15) is 5.52 Å². The number of carbonyl (C=O) groups is 1. The Morgan fingerprint density at radius 2 is 1.81 bits per heavy atom. The van der Waals surface area contributed by atoms with Crippen LogP contribution in [0.15, 0.2) is 46.9 Å². The normalized spacial score (nSPS) is 10.8. The van der Waals surface area contributed by atoms with Crippen LogP contribution >= 0.6 is 23.2 Å². The molecule has 0 amide bonds. The van der Waals surface area contributed by atoms with Crippen molar-refractivity contribution in [3.8, 4) is 0 Å². The number of halogens is 2. The first kappa shape index (κ1) is 13.9. The van der Waals surface area contributed by atoms with Gasteiger partial charge in [-0.25, -0.2) is 9.78 Å². The molecule has 0 spiro atoms. The number of ether oxygens (including phenoxy) is 1. The van der Waals surface area contributed by atoms with Crippen LogP contribution in [0.3, 0.4) is 0 Å². The van der Waals surface area contributed by atoms with Crippen LogP contribution in [0.1, 0.15) is 16.2 Å². The summed E-state index contributed by atoms with van der Waals surface area (Å²) < 4.78 is 10.6. The van der Waals surface area contributed by atoms with Crippen LogP contribution in [-0.2, 0) is 11.3 Å². The third-order valence-electron chi connectivity index (χ3n) is 2.83. The lowest BCUT2D eigenvalue weighted by atomic mass is 10.2. The van der Waals surface area contributed by atoms with Gasteiger partial charge in [0.15, 0.2) is 12.2 Å². The highest BCUT2D eigenvalue weighted by Gasteiger charge is 2.17. The number of carbonyl (C=O) groups excluding carboxylic acids is 1. The molecule has 106 valence electrons. The van der Waals surface area contributed by atoms with Crippen molar-refractivity contribution >= 4 is 40.3 Å². The van der Waals surface area contributed by atoms with Gasteiger partial charge in [-0.3, -0.25) is 0 Å². The van der Waals surface area contributed by atoms with Gasteiger partial charge in [-0.15, -0.1) is 0 Å². The lowest BCUT2D eigenvalue weighted by molar-refractivity contribution is 0.0440. The smallest absolute Gasteiger partial charge is 0.341 e. The maximum absolute atomic E-state index is 12.0. The Morgan fingerprint density at radius 3 is 2.52 bits per heavy atom. The van der Waals surface area contributed by atoms with E-state index < -0.39 is 5.97 Å². The largest absolute Gasteiger partial charge is 0.452 e. The second-order valence-corrected chi connectivity index (χ2v) is 5.06. The van der Waals surface area contributed by atoms with E-state index in [0.717, 1.165) is 0 Å². The molecule has 0 atom stereocenters. The molecule has 3 aromatic rings. The molecule has 0 radical (unpaired) electrons. The van der Waals surface area contributed by atoms with Crippen molar-refractivity contribution in [3.05, 3.63) is 64.0 Å². The van der Waals surface area contributed by atoms with Gasteiger partial charge in [0.25, 0.3) is 0 Å². The number of oxazole rings is 1. The Hall–Kier alpha value is -2.04. The van der Waals surface area contributed by atoms with E-state index in [1.807, 2.05) is 18.2 Å². The van der Waals surface area contributed by atoms with E-state index in [2.05, 4.69) is 4.98 Å². The van der Waals surface area contributed by atoms with Gasteiger partial charge in [0.2, 0.25) is 5.89 Å². The van der Waals surface area contributed by atoms with Crippen LogP contribution in [-0.4, -0.2) is 11.0 Å². The van der Waals surface area contributed by atoms with Crippen molar-refractivity contribution in [1.82, 2.24) is 4.98 Å². The zero-order valence-corrected chi connectivity index (χ0v) is 12.2. The molecule has 0 saturated carbocycles. The van der Waals surface area contributed by atoms with Crippen molar-refractivity contribution in [2.75, 3.05) is 0 Å². The molecule has 1 aromatic heterocycles. The fraction of sp³-hybridized carbons (Fsp3) is 0.0667. The third kappa shape index (κ3) is 2.86. The number of para-hydroxylation sites is 2. The lowest BCUT2D eigenvalue weighted by Gasteiger charge is -2.05. The maximum atomic E-state index is 12.0. The van der Waals surface area contributed by atoms with Crippen LogP contribution in [0.25, 0.3) is 11.1 Å². The van der Waals surface area contributed by atoms with Crippen LogP contribution in [0.5, 0.6) is 0 Å². The number of benzene rings is 2. The summed E-state index contributed by atoms with van der Waals surface area (Å²) in [5, 5.41) is 0.482. The number of hydrogen-bond donors (Lipinski definition) is 0. The summed E-state index contributed by atoms with van der Waals surface area (Å²) in [6, 6.07) is 12.1. The highest BCUT2D eigenvalue weighted by Crippen LogP contribution is 2.25. The van der Waals surface area contributed by atoms with Crippen molar-refractivity contribution in [1.29, 1.82) is 0 Å². The Labute approximate surface area is 130 Å². The number of aromatic nitrogens is 1. The van der Waals surface area contributed by atoms with Crippen molar-refractivity contribution in [2.45, 2.75) is 6.61 Å². The molecule has 1 heterocycles. The molecule has 21 heavy (non-hydrogen) atoms. The lowest BCUT2D eigenvalue weighted by Crippen LogP contribution is -2.07. The predicted octanol–water partition coefficient (Wildman–Crippen LogP) is 4.49. The highest BCUT2D eigenvalue weighted by atomic mass is 35.5. The second kappa shape index (κ2) is 5.76. The molecule has 0 N–H and O–H groups in total. The number of nitrogens with zero attached hydrogens (tertiary/aromatic N) is 1. The summed E-state index contributed by atoms with van der Waals surface area (Å²) in [6.45, 7) is -0.0882. The number of esters is 1. The summed E-state index contributed by atoms with van der Waals surface area (Å²) in [5.74, 6) is -0.305. The quantitative estimate of drug-likeness (QED) is 0.667. The molecule has 0 bridgehead atoms. The minimum Gasteiger partial charge on any atom is -0.452 e. The summed E-state index contributed by atoms with van der Waals surface area (Å²) in [5.41, 5.74) is 1.48. The third-order valence-corrected chi connectivity index (χ3v) is 3.46. The van der Waals surface area contributed by atoms with E-state index in [1.54, 1.807) is 24.3 Å². The van der Waals surface area contributed by atoms with Gasteiger partial charge >= 0.3 is 5.97 Å². The van der Waals surface area contributed by atoms with Gasteiger partial charge < -0.3 is 9.15 Å². The number of hydrogen-bond acceptors (Lipinski definition) is 4. The fourth-order valence-electron chi connectivity index (χ4n) is 1.87. The van der Waals surface area contributed by atoms with Gasteiger partial charge in [-0.1, -0.05) is 41.4 Å². The highest BCUT2D eigenvalue weighted by molar-refractivity contribution is 6.39.